The van der Waals surface area contributed by atoms with Crippen molar-refractivity contribution in [3.05, 3.63) is 89.5 Å². The molecule has 0 unspecified atom stereocenters. The number of nitriles is 1. The Labute approximate surface area is 142 Å². The Balaban J connectivity index is 0.000000219. The fourth-order valence-corrected chi connectivity index (χ4v) is 1.88. The van der Waals surface area contributed by atoms with Gasteiger partial charge < -0.3 is 9.84 Å². The third kappa shape index (κ3) is 5.51. The Morgan fingerprint density at radius 3 is 1.54 bits per heavy atom. The molecule has 3 aromatic carbocycles. The van der Waals surface area contributed by atoms with Gasteiger partial charge in [0.15, 0.2) is 0 Å². The molecular weight excluding hydrogens is 298 g/mol. The van der Waals surface area contributed by atoms with Crippen molar-refractivity contribution in [2.45, 2.75) is 13.8 Å². The van der Waals surface area contributed by atoms with E-state index in [1.165, 1.54) is 11.1 Å². The SMILES string of the molecule is Cc1ccc(O)cc1.Cc1ccc(Oc2ccc(C#N)cc2)cc1. The first-order chi connectivity index (χ1) is 11.6. The lowest BCUT2D eigenvalue weighted by molar-refractivity contribution is 0.475. The summed E-state index contributed by atoms with van der Waals surface area (Å²) >= 11 is 0. The summed E-state index contributed by atoms with van der Waals surface area (Å²) in [6.07, 6.45) is 0. The Morgan fingerprint density at radius 1 is 0.708 bits per heavy atom. The van der Waals surface area contributed by atoms with Gasteiger partial charge in [-0.1, -0.05) is 35.4 Å². The first-order valence-corrected chi connectivity index (χ1v) is 7.57. The largest absolute Gasteiger partial charge is 0.508 e. The predicted octanol–water partition coefficient (Wildman–Crippen LogP) is 5.36. The minimum absolute atomic E-state index is 0.329. The highest BCUT2D eigenvalue weighted by molar-refractivity contribution is 5.37. The maximum absolute atomic E-state index is 8.76. The van der Waals surface area contributed by atoms with Gasteiger partial charge in [0.1, 0.15) is 17.2 Å². The topological polar surface area (TPSA) is 53.2 Å². The third-order valence-corrected chi connectivity index (χ3v) is 3.27. The lowest BCUT2D eigenvalue weighted by Crippen LogP contribution is -1.84. The smallest absolute Gasteiger partial charge is 0.127 e. The number of benzene rings is 3. The maximum Gasteiger partial charge on any atom is 0.127 e. The summed E-state index contributed by atoms with van der Waals surface area (Å²) in [5, 5.41) is 17.4. The fourth-order valence-electron chi connectivity index (χ4n) is 1.88. The second-order valence-electron chi connectivity index (χ2n) is 5.39. The number of aryl methyl sites for hydroxylation is 2. The Bertz CT molecular complexity index is 777. The zero-order chi connectivity index (χ0) is 17.4. The summed E-state index contributed by atoms with van der Waals surface area (Å²) in [6, 6.07) is 24.1. The molecule has 0 aliphatic rings. The van der Waals surface area contributed by atoms with E-state index in [0.717, 1.165) is 11.5 Å². The van der Waals surface area contributed by atoms with Gasteiger partial charge in [-0.3, -0.25) is 0 Å². The number of phenols is 1. The lowest BCUT2D eigenvalue weighted by Gasteiger charge is -2.05. The van der Waals surface area contributed by atoms with Crippen molar-refractivity contribution >= 4 is 0 Å². The van der Waals surface area contributed by atoms with Gasteiger partial charge in [0.05, 0.1) is 11.6 Å². The average Bonchev–Trinajstić information content (AvgIpc) is 2.61. The van der Waals surface area contributed by atoms with Gasteiger partial charge in [0.25, 0.3) is 0 Å². The van der Waals surface area contributed by atoms with Gasteiger partial charge in [0, 0.05) is 0 Å². The molecule has 0 radical (unpaired) electrons. The highest BCUT2D eigenvalue weighted by Crippen LogP contribution is 2.21. The standard InChI is InChI=1S/C14H11NO.C7H8O/c1-11-2-6-13(7-3-11)16-14-8-4-12(10-15)5-9-14;1-6-2-4-7(8)5-3-6/h2-9H,1H3;2-5,8H,1H3. The van der Waals surface area contributed by atoms with Crippen molar-refractivity contribution in [3.63, 3.8) is 0 Å². The summed E-state index contributed by atoms with van der Waals surface area (Å²) < 4.78 is 5.62. The van der Waals surface area contributed by atoms with Crippen LogP contribution in [0.2, 0.25) is 0 Å². The number of aromatic hydroxyl groups is 1. The van der Waals surface area contributed by atoms with Crippen LogP contribution in [0.25, 0.3) is 0 Å². The van der Waals surface area contributed by atoms with Crippen LogP contribution in [-0.4, -0.2) is 5.11 Å². The van der Waals surface area contributed by atoms with E-state index in [-0.39, 0.29) is 0 Å². The quantitative estimate of drug-likeness (QED) is 0.692. The monoisotopic (exact) mass is 317 g/mol. The summed E-state index contributed by atoms with van der Waals surface area (Å²) in [4.78, 5) is 0. The van der Waals surface area contributed by atoms with E-state index in [2.05, 4.69) is 6.07 Å². The first kappa shape index (κ1) is 17.1. The number of rotatable bonds is 2. The molecule has 3 nitrogen and oxygen atoms in total. The fraction of sp³-hybridized carbons (Fsp3) is 0.0952. The normalized spacial score (nSPS) is 9.38. The molecule has 24 heavy (non-hydrogen) atoms. The summed E-state index contributed by atoms with van der Waals surface area (Å²) in [6.45, 7) is 4.02. The van der Waals surface area contributed by atoms with E-state index in [0.29, 0.717) is 11.3 Å². The summed E-state index contributed by atoms with van der Waals surface area (Å²) in [7, 11) is 0. The molecular formula is C21H19NO2. The number of hydrogen-bond acceptors (Lipinski definition) is 3. The van der Waals surface area contributed by atoms with Crippen LogP contribution in [-0.2, 0) is 0 Å². The molecule has 0 spiro atoms. The molecule has 3 aromatic rings. The molecule has 0 fully saturated rings. The molecule has 0 aromatic heterocycles. The van der Waals surface area contributed by atoms with Gasteiger partial charge >= 0.3 is 0 Å². The molecule has 3 heteroatoms. The van der Waals surface area contributed by atoms with Crippen molar-refractivity contribution in [2.75, 3.05) is 0 Å². The van der Waals surface area contributed by atoms with Crippen molar-refractivity contribution in [1.82, 2.24) is 0 Å². The van der Waals surface area contributed by atoms with Crippen LogP contribution in [0.4, 0.5) is 0 Å². The molecule has 1 N–H and O–H groups in total. The molecule has 3 rings (SSSR count). The second-order valence-corrected chi connectivity index (χ2v) is 5.39. The van der Waals surface area contributed by atoms with Crippen LogP contribution in [0.1, 0.15) is 16.7 Å². The highest BCUT2D eigenvalue weighted by atomic mass is 16.5. The zero-order valence-electron chi connectivity index (χ0n) is 13.7. The Hall–Kier alpha value is -3.25. The zero-order valence-corrected chi connectivity index (χ0v) is 13.7. The van der Waals surface area contributed by atoms with Crippen molar-refractivity contribution < 1.29 is 9.84 Å². The van der Waals surface area contributed by atoms with Crippen LogP contribution < -0.4 is 4.74 Å². The van der Waals surface area contributed by atoms with Crippen molar-refractivity contribution in [1.29, 1.82) is 5.26 Å². The molecule has 0 aliphatic heterocycles. The average molecular weight is 317 g/mol. The highest BCUT2D eigenvalue weighted by Gasteiger charge is 1.97. The van der Waals surface area contributed by atoms with E-state index in [4.69, 9.17) is 15.1 Å². The lowest BCUT2D eigenvalue weighted by atomic mass is 10.2. The molecule has 120 valence electrons. The van der Waals surface area contributed by atoms with Crippen LogP contribution in [0, 0.1) is 25.2 Å². The van der Waals surface area contributed by atoms with Gasteiger partial charge in [-0.15, -0.1) is 0 Å². The molecule has 0 atom stereocenters. The molecule has 0 saturated heterocycles. The number of ether oxygens (including phenoxy) is 1. The minimum Gasteiger partial charge on any atom is -0.508 e. The van der Waals surface area contributed by atoms with E-state index in [9.17, 15) is 0 Å². The molecule has 0 saturated carbocycles. The van der Waals surface area contributed by atoms with Crippen molar-refractivity contribution in [2.24, 2.45) is 0 Å². The van der Waals surface area contributed by atoms with Crippen LogP contribution >= 0.6 is 0 Å². The van der Waals surface area contributed by atoms with Gasteiger partial charge in [-0.2, -0.15) is 5.26 Å². The molecule has 0 heterocycles. The summed E-state index contributed by atoms with van der Waals surface area (Å²) in [5.74, 6) is 1.87. The van der Waals surface area contributed by atoms with Crippen molar-refractivity contribution in [3.8, 4) is 23.3 Å². The van der Waals surface area contributed by atoms with Gasteiger partial charge in [-0.25, -0.2) is 0 Å². The number of nitrogens with zero attached hydrogens (tertiary/aromatic N) is 1. The van der Waals surface area contributed by atoms with E-state index >= 15 is 0 Å². The van der Waals surface area contributed by atoms with E-state index < -0.39 is 0 Å². The number of phenolic OH excluding ortho intramolecular Hbond substituents is 1. The minimum atomic E-state index is 0.329. The van der Waals surface area contributed by atoms with Gasteiger partial charge in [0.2, 0.25) is 0 Å². The molecule has 0 aliphatic carbocycles. The summed E-state index contributed by atoms with van der Waals surface area (Å²) in [5.41, 5.74) is 3.01. The molecule has 0 amide bonds. The molecule has 0 bridgehead atoms. The van der Waals surface area contributed by atoms with Crippen LogP contribution in [0.5, 0.6) is 17.2 Å². The number of hydrogen-bond donors (Lipinski definition) is 1. The Morgan fingerprint density at radius 2 is 1.12 bits per heavy atom. The second kappa shape index (κ2) is 8.40. The maximum atomic E-state index is 8.76. The van der Waals surface area contributed by atoms with Crippen LogP contribution in [0.3, 0.4) is 0 Å². The predicted molar refractivity (Wildman–Crippen MR) is 95.3 cm³/mol. The van der Waals surface area contributed by atoms with Crippen LogP contribution in [0.15, 0.2) is 72.8 Å². The first-order valence-electron chi connectivity index (χ1n) is 7.57. The third-order valence-electron chi connectivity index (χ3n) is 3.27. The Kier molecular flexibility index (Phi) is 5.99. The van der Waals surface area contributed by atoms with E-state index in [1.54, 1.807) is 36.4 Å². The van der Waals surface area contributed by atoms with Gasteiger partial charge in [-0.05, 0) is 62.4 Å². The van der Waals surface area contributed by atoms with E-state index in [1.807, 2.05) is 50.2 Å².